The summed E-state index contributed by atoms with van der Waals surface area (Å²) in [7, 11) is 2.04. The van der Waals surface area contributed by atoms with Crippen molar-refractivity contribution in [2.24, 2.45) is 11.8 Å². The van der Waals surface area contributed by atoms with E-state index >= 15 is 0 Å². The molecular formula is C15H30N2O2. The molecule has 0 aromatic rings. The summed E-state index contributed by atoms with van der Waals surface area (Å²) in [5, 5.41) is 13.0. The van der Waals surface area contributed by atoms with Gasteiger partial charge in [-0.15, -0.1) is 0 Å². The van der Waals surface area contributed by atoms with Crippen molar-refractivity contribution in [2.75, 3.05) is 26.7 Å². The van der Waals surface area contributed by atoms with Crippen LogP contribution in [0.25, 0.3) is 0 Å². The maximum atomic E-state index is 11.8. The lowest BCUT2D eigenvalue weighted by Crippen LogP contribution is -2.60. The highest BCUT2D eigenvalue weighted by atomic mass is 16.4. The highest BCUT2D eigenvalue weighted by Gasteiger charge is 2.51. The summed E-state index contributed by atoms with van der Waals surface area (Å²) in [4.78, 5) is 14.0. The van der Waals surface area contributed by atoms with Gasteiger partial charge >= 0.3 is 5.97 Å². The molecule has 0 heterocycles. The lowest BCUT2D eigenvalue weighted by molar-refractivity contribution is -0.147. The molecule has 0 spiro atoms. The third-order valence-electron chi connectivity index (χ3n) is 4.19. The van der Waals surface area contributed by atoms with Gasteiger partial charge < -0.3 is 15.3 Å². The Morgan fingerprint density at radius 3 is 2.53 bits per heavy atom. The Kier molecular flexibility index (Phi) is 6.27. The van der Waals surface area contributed by atoms with Gasteiger partial charge in [-0.2, -0.15) is 0 Å². The highest BCUT2D eigenvalue weighted by Crippen LogP contribution is 2.40. The summed E-state index contributed by atoms with van der Waals surface area (Å²) in [5.41, 5.74) is -0.738. The van der Waals surface area contributed by atoms with Crippen LogP contribution in [-0.2, 0) is 4.79 Å². The van der Waals surface area contributed by atoms with Crippen LogP contribution in [0, 0.1) is 11.8 Å². The van der Waals surface area contributed by atoms with E-state index in [0.717, 1.165) is 38.8 Å². The minimum Gasteiger partial charge on any atom is -0.480 e. The molecule has 1 aliphatic carbocycles. The molecule has 4 heteroatoms. The third-order valence-corrected chi connectivity index (χ3v) is 4.19. The maximum Gasteiger partial charge on any atom is 0.325 e. The van der Waals surface area contributed by atoms with Crippen molar-refractivity contribution in [1.29, 1.82) is 0 Å². The normalized spacial score (nSPS) is 20.3. The molecule has 0 bridgehead atoms. The van der Waals surface area contributed by atoms with Crippen LogP contribution in [0.3, 0.4) is 0 Å². The van der Waals surface area contributed by atoms with Gasteiger partial charge in [0, 0.05) is 13.1 Å². The molecule has 0 amide bonds. The zero-order valence-electron chi connectivity index (χ0n) is 12.9. The number of hydrogen-bond acceptors (Lipinski definition) is 3. The number of carbonyl (C=O) groups is 1. The van der Waals surface area contributed by atoms with Crippen LogP contribution in [0.4, 0.5) is 0 Å². The topological polar surface area (TPSA) is 52.6 Å². The van der Waals surface area contributed by atoms with Crippen molar-refractivity contribution in [2.45, 2.75) is 52.0 Å². The third kappa shape index (κ3) is 4.46. The average molecular weight is 270 g/mol. The van der Waals surface area contributed by atoms with E-state index in [4.69, 9.17) is 0 Å². The summed E-state index contributed by atoms with van der Waals surface area (Å²) in [6, 6.07) is 0. The maximum absolute atomic E-state index is 11.8. The lowest BCUT2D eigenvalue weighted by atomic mass is 9.91. The molecule has 0 saturated heterocycles. The van der Waals surface area contributed by atoms with Gasteiger partial charge in [0.2, 0.25) is 0 Å². The van der Waals surface area contributed by atoms with Crippen LogP contribution in [-0.4, -0.2) is 48.2 Å². The standard InChI is InChI=1S/C15H30N2O2/c1-5-9-16-15(14(18)19,13-7-8-13)11-17(4)10-12(3)6-2/h12-13,16H,5-11H2,1-4H3,(H,18,19). The van der Waals surface area contributed by atoms with Gasteiger partial charge in [0.1, 0.15) is 5.54 Å². The minimum atomic E-state index is -0.738. The molecule has 1 saturated carbocycles. The Labute approximate surface area is 117 Å². The quantitative estimate of drug-likeness (QED) is 0.639. The first-order valence-electron chi connectivity index (χ1n) is 7.63. The van der Waals surface area contributed by atoms with Gasteiger partial charge in [-0.3, -0.25) is 4.79 Å². The first-order valence-corrected chi connectivity index (χ1v) is 7.63. The Morgan fingerprint density at radius 2 is 2.11 bits per heavy atom. The number of carboxylic acid groups (broad SMARTS) is 1. The number of aliphatic carboxylic acids is 1. The fourth-order valence-corrected chi connectivity index (χ4v) is 2.72. The van der Waals surface area contributed by atoms with Gasteiger partial charge in [-0.25, -0.2) is 0 Å². The Bertz CT molecular complexity index is 292. The molecule has 1 aliphatic rings. The van der Waals surface area contributed by atoms with Crippen molar-refractivity contribution in [3.05, 3.63) is 0 Å². The van der Waals surface area contributed by atoms with Crippen LogP contribution in [0.15, 0.2) is 0 Å². The predicted octanol–water partition coefficient (Wildman–Crippen LogP) is 2.20. The van der Waals surface area contributed by atoms with Gasteiger partial charge in [0.05, 0.1) is 0 Å². The van der Waals surface area contributed by atoms with E-state index < -0.39 is 11.5 Å². The fraction of sp³-hybridized carbons (Fsp3) is 0.933. The van der Waals surface area contributed by atoms with Crippen LogP contribution >= 0.6 is 0 Å². The molecule has 0 aromatic carbocycles. The van der Waals surface area contributed by atoms with Crippen LogP contribution in [0.2, 0.25) is 0 Å². The molecule has 2 N–H and O–H groups in total. The monoisotopic (exact) mass is 270 g/mol. The van der Waals surface area contributed by atoms with E-state index in [1.807, 2.05) is 7.05 Å². The van der Waals surface area contributed by atoms with E-state index in [1.54, 1.807) is 0 Å². The minimum absolute atomic E-state index is 0.302. The average Bonchev–Trinajstić information content (AvgIpc) is 3.18. The molecule has 2 unspecified atom stereocenters. The number of nitrogens with zero attached hydrogens (tertiary/aromatic N) is 1. The Morgan fingerprint density at radius 1 is 1.47 bits per heavy atom. The van der Waals surface area contributed by atoms with Gasteiger partial charge in [0.15, 0.2) is 0 Å². The van der Waals surface area contributed by atoms with Gasteiger partial charge in [-0.05, 0) is 44.7 Å². The molecule has 0 aromatic heterocycles. The Balaban J connectivity index is 2.69. The molecule has 2 atom stereocenters. The smallest absolute Gasteiger partial charge is 0.325 e. The molecular weight excluding hydrogens is 240 g/mol. The second kappa shape index (κ2) is 7.25. The van der Waals surface area contributed by atoms with Crippen molar-refractivity contribution >= 4 is 5.97 Å². The number of carboxylic acids is 1. The van der Waals surface area contributed by atoms with Crippen molar-refractivity contribution < 1.29 is 9.90 Å². The van der Waals surface area contributed by atoms with Crippen LogP contribution < -0.4 is 5.32 Å². The second-order valence-corrected chi connectivity index (χ2v) is 6.19. The van der Waals surface area contributed by atoms with Crippen molar-refractivity contribution in [1.82, 2.24) is 10.2 Å². The van der Waals surface area contributed by atoms with Crippen LogP contribution in [0.1, 0.15) is 46.5 Å². The predicted molar refractivity (Wildman–Crippen MR) is 78.3 cm³/mol. The number of rotatable bonds is 10. The zero-order valence-corrected chi connectivity index (χ0v) is 12.9. The number of nitrogens with one attached hydrogen (secondary N) is 1. The molecule has 1 rings (SSSR count). The van der Waals surface area contributed by atoms with Crippen LogP contribution in [0.5, 0.6) is 0 Å². The van der Waals surface area contributed by atoms with E-state index in [2.05, 4.69) is 31.0 Å². The van der Waals surface area contributed by atoms with E-state index in [-0.39, 0.29) is 0 Å². The second-order valence-electron chi connectivity index (χ2n) is 6.19. The highest BCUT2D eigenvalue weighted by molar-refractivity contribution is 5.80. The lowest BCUT2D eigenvalue weighted by Gasteiger charge is -2.35. The van der Waals surface area contributed by atoms with E-state index in [9.17, 15) is 9.90 Å². The first kappa shape index (κ1) is 16.4. The fourth-order valence-electron chi connectivity index (χ4n) is 2.72. The van der Waals surface area contributed by atoms with Crippen molar-refractivity contribution in [3.63, 3.8) is 0 Å². The molecule has 112 valence electrons. The molecule has 1 fully saturated rings. The number of hydrogen-bond donors (Lipinski definition) is 2. The molecule has 0 aliphatic heterocycles. The van der Waals surface area contributed by atoms with E-state index in [0.29, 0.717) is 18.4 Å². The summed E-state index contributed by atoms with van der Waals surface area (Å²) in [6.07, 6.45) is 4.19. The largest absolute Gasteiger partial charge is 0.480 e. The number of likely N-dealkylation sites (N-methyl/N-ethyl adjacent to an activating group) is 1. The molecule has 4 nitrogen and oxygen atoms in total. The summed E-state index contributed by atoms with van der Waals surface area (Å²) in [5.74, 6) is 0.234. The summed E-state index contributed by atoms with van der Waals surface area (Å²) >= 11 is 0. The Hall–Kier alpha value is -0.610. The first-order chi connectivity index (χ1) is 8.96. The summed E-state index contributed by atoms with van der Waals surface area (Å²) < 4.78 is 0. The zero-order chi connectivity index (χ0) is 14.5. The van der Waals surface area contributed by atoms with E-state index in [1.165, 1.54) is 0 Å². The molecule has 19 heavy (non-hydrogen) atoms. The van der Waals surface area contributed by atoms with Crippen molar-refractivity contribution in [3.8, 4) is 0 Å². The van der Waals surface area contributed by atoms with Gasteiger partial charge in [-0.1, -0.05) is 27.2 Å². The SMILES string of the molecule is CCCNC(CN(C)CC(C)CC)(C(=O)O)C1CC1. The summed E-state index contributed by atoms with van der Waals surface area (Å²) in [6.45, 7) is 8.83. The molecule has 0 radical (unpaired) electrons. The van der Waals surface area contributed by atoms with Gasteiger partial charge in [0.25, 0.3) is 0 Å².